The number of aromatic amines is 1. The van der Waals surface area contributed by atoms with Crippen molar-refractivity contribution in [2.75, 3.05) is 12.8 Å². The van der Waals surface area contributed by atoms with Gasteiger partial charge in [0, 0.05) is 11.6 Å². The molecule has 2 rings (SSSR count). The largest absolute Gasteiger partial charge is 0.496 e. The molecule has 0 atom stereocenters. The Morgan fingerprint density at radius 2 is 2.05 bits per heavy atom. The van der Waals surface area contributed by atoms with Gasteiger partial charge in [0.05, 0.1) is 12.8 Å². The molecule has 0 aliphatic rings. The van der Waals surface area contributed by atoms with Crippen molar-refractivity contribution >= 4 is 5.82 Å². The van der Waals surface area contributed by atoms with Crippen LogP contribution in [0.25, 0.3) is 11.3 Å². The summed E-state index contributed by atoms with van der Waals surface area (Å²) in [5, 5.41) is 6.95. The lowest BCUT2D eigenvalue weighted by Crippen LogP contribution is -2.00. The molecule has 0 radical (unpaired) electrons. The van der Waals surface area contributed by atoms with Crippen molar-refractivity contribution in [2.45, 2.75) is 33.1 Å². The number of ether oxygens (including phenoxy) is 1. The Labute approximate surface area is 114 Å². The fourth-order valence-corrected chi connectivity index (χ4v) is 2.29. The number of nitrogens with two attached hydrogens (primary N) is 1. The van der Waals surface area contributed by atoms with Crippen LogP contribution in [0.4, 0.5) is 5.82 Å². The van der Waals surface area contributed by atoms with Crippen LogP contribution >= 0.6 is 0 Å². The minimum absolute atomic E-state index is 0.403. The van der Waals surface area contributed by atoms with Gasteiger partial charge in [-0.05, 0) is 35.6 Å². The van der Waals surface area contributed by atoms with Crippen LogP contribution in [0.2, 0.25) is 0 Å². The van der Waals surface area contributed by atoms with Gasteiger partial charge in [0.25, 0.3) is 0 Å². The van der Waals surface area contributed by atoms with Gasteiger partial charge < -0.3 is 10.5 Å². The number of methoxy groups -OCH3 is 1. The summed E-state index contributed by atoms with van der Waals surface area (Å²) in [6.07, 6.45) is 0.931. The Hall–Kier alpha value is -1.97. The van der Waals surface area contributed by atoms with Gasteiger partial charge in [-0.3, -0.25) is 5.10 Å². The van der Waals surface area contributed by atoms with E-state index in [4.69, 9.17) is 10.5 Å². The zero-order valence-electron chi connectivity index (χ0n) is 11.9. The summed E-state index contributed by atoms with van der Waals surface area (Å²) in [5.41, 5.74) is 10.1. The molecule has 0 fully saturated rings. The predicted octanol–water partition coefficient (Wildman–Crippen LogP) is 3.35. The summed E-state index contributed by atoms with van der Waals surface area (Å²) in [4.78, 5) is 0. The molecule has 19 heavy (non-hydrogen) atoms. The van der Waals surface area contributed by atoms with Crippen molar-refractivity contribution < 1.29 is 4.74 Å². The average molecular weight is 259 g/mol. The SMILES string of the molecule is CCc1cc(-c2cc(N)n[nH]2)cc(C(C)C)c1OC. The highest BCUT2D eigenvalue weighted by Gasteiger charge is 2.15. The van der Waals surface area contributed by atoms with Crippen LogP contribution in [0.3, 0.4) is 0 Å². The van der Waals surface area contributed by atoms with Gasteiger partial charge in [0.2, 0.25) is 0 Å². The zero-order valence-corrected chi connectivity index (χ0v) is 11.9. The highest BCUT2D eigenvalue weighted by molar-refractivity contribution is 5.66. The van der Waals surface area contributed by atoms with Gasteiger partial charge in [-0.25, -0.2) is 0 Å². The molecule has 4 nitrogen and oxygen atoms in total. The Balaban J connectivity index is 2.60. The molecule has 1 heterocycles. The molecular weight excluding hydrogens is 238 g/mol. The fourth-order valence-electron chi connectivity index (χ4n) is 2.29. The molecule has 0 saturated heterocycles. The van der Waals surface area contributed by atoms with Gasteiger partial charge in [0.15, 0.2) is 0 Å². The van der Waals surface area contributed by atoms with E-state index < -0.39 is 0 Å². The van der Waals surface area contributed by atoms with Crippen LogP contribution in [0.5, 0.6) is 5.75 Å². The molecule has 0 amide bonds. The lowest BCUT2D eigenvalue weighted by Gasteiger charge is -2.17. The second-order valence-electron chi connectivity index (χ2n) is 4.97. The molecule has 0 spiro atoms. The van der Waals surface area contributed by atoms with Crippen molar-refractivity contribution in [3.8, 4) is 17.0 Å². The number of hydrogen-bond donors (Lipinski definition) is 2. The number of H-pyrrole nitrogens is 1. The normalized spacial score (nSPS) is 11.0. The van der Waals surface area contributed by atoms with E-state index >= 15 is 0 Å². The molecule has 4 heteroatoms. The molecule has 3 N–H and O–H groups in total. The van der Waals surface area contributed by atoms with Crippen molar-refractivity contribution in [3.63, 3.8) is 0 Å². The third-order valence-corrected chi connectivity index (χ3v) is 3.31. The molecule has 0 aliphatic carbocycles. The van der Waals surface area contributed by atoms with E-state index in [1.165, 1.54) is 11.1 Å². The second kappa shape index (κ2) is 5.34. The van der Waals surface area contributed by atoms with Crippen LogP contribution < -0.4 is 10.5 Å². The molecule has 0 saturated carbocycles. The molecule has 102 valence electrons. The number of nitrogen functional groups attached to an aromatic ring is 1. The summed E-state index contributed by atoms with van der Waals surface area (Å²) in [7, 11) is 1.73. The van der Waals surface area contributed by atoms with Crippen molar-refractivity contribution in [1.82, 2.24) is 10.2 Å². The summed E-state index contributed by atoms with van der Waals surface area (Å²) < 4.78 is 5.57. The highest BCUT2D eigenvalue weighted by Crippen LogP contribution is 2.35. The molecule has 0 unspecified atom stereocenters. The minimum atomic E-state index is 0.403. The maximum Gasteiger partial charge on any atom is 0.145 e. The topological polar surface area (TPSA) is 63.9 Å². The predicted molar refractivity (Wildman–Crippen MR) is 78.5 cm³/mol. The van der Waals surface area contributed by atoms with Gasteiger partial charge in [-0.1, -0.05) is 20.8 Å². The first-order chi connectivity index (χ1) is 9.06. The third kappa shape index (κ3) is 2.57. The Morgan fingerprint density at radius 1 is 1.32 bits per heavy atom. The first-order valence-electron chi connectivity index (χ1n) is 6.58. The fraction of sp³-hybridized carbons (Fsp3) is 0.400. The number of hydrogen-bond acceptors (Lipinski definition) is 3. The number of rotatable bonds is 4. The van der Waals surface area contributed by atoms with Crippen LogP contribution in [-0.2, 0) is 6.42 Å². The summed E-state index contributed by atoms with van der Waals surface area (Å²) in [6, 6.07) is 6.14. The van der Waals surface area contributed by atoms with Crippen LogP contribution in [0.15, 0.2) is 18.2 Å². The van der Waals surface area contributed by atoms with E-state index in [2.05, 4.69) is 43.1 Å². The summed E-state index contributed by atoms with van der Waals surface area (Å²) in [6.45, 7) is 6.47. The van der Waals surface area contributed by atoms with Crippen LogP contribution in [-0.4, -0.2) is 17.3 Å². The standard InChI is InChI=1S/C15H21N3O/c1-5-10-6-11(13-8-14(16)18-17-13)7-12(9(2)3)15(10)19-4/h6-9H,5H2,1-4H3,(H3,16,17,18). The van der Waals surface area contributed by atoms with Gasteiger partial charge in [-0.15, -0.1) is 0 Å². The van der Waals surface area contributed by atoms with Crippen molar-refractivity contribution in [3.05, 3.63) is 29.3 Å². The number of anilines is 1. The average Bonchev–Trinajstić information content (AvgIpc) is 2.83. The highest BCUT2D eigenvalue weighted by atomic mass is 16.5. The number of benzene rings is 1. The first-order valence-corrected chi connectivity index (χ1v) is 6.58. The van der Waals surface area contributed by atoms with E-state index in [1.807, 2.05) is 6.07 Å². The summed E-state index contributed by atoms with van der Waals surface area (Å²) in [5.74, 6) is 1.91. The third-order valence-electron chi connectivity index (χ3n) is 3.31. The second-order valence-corrected chi connectivity index (χ2v) is 4.97. The molecule has 2 aromatic rings. The van der Waals surface area contributed by atoms with Gasteiger partial charge in [0.1, 0.15) is 11.6 Å². The van der Waals surface area contributed by atoms with E-state index in [0.29, 0.717) is 11.7 Å². The lowest BCUT2D eigenvalue weighted by molar-refractivity contribution is 0.403. The van der Waals surface area contributed by atoms with Crippen molar-refractivity contribution in [1.29, 1.82) is 0 Å². The maximum absolute atomic E-state index is 5.67. The summed E-state index contributed by atoms with van der Waals surface area (Å²) >= 11 is 0. The van der Waals surface area contributed by atoms with E-state index in [9.17, 15) is 0 Å². The maximum atomic E-state index is 5.67. The molecule has 0 bridgehead atoms. The van der Waals surface area contributed by atoms with Crippen molar-refractivity contribution in [2.24, 2.45) is 0 Å². The lowest BCUT2D eigenvalue weighted by atomic mass is 9.94. The van der Waals surface area contributed by atoms with Crippen LogP contribution in [0.1, 0.15) is 37.8 Å². The molecule has 0 aliphatic heterocycles. The molecule has 1 aromatic heterocycles. The van der Waals surface area contributed by atoms with E-state index in [0.717, 1.165) is 23.4 Å². The van der Waals surface area contributed by atoms with Gasteiger partial charge in [-0.2, -0.15) is 5.10 Å². The smallest absolute Gasteiger partial charge is 0.145 e. The minimum Gasteiger partial charge on any atom is -0.496 e. The Morgan fingerprint density at radius 3 is 2.53 bits per heavy atom. The number of nitrogens with zero attached hydrogens (tertiary/aromatic N) is 1. The van der Waals surface area contributed by atoms with E-state index in [1.54, 1.807) is 7.11 Å². The molecular formula is C15H21N3O. The molecule has 1 aromatic carbocycles. The first kappa shape index (κ1) is 13.5. The van der Waals surface area contributed by atoms with Crippen LogP contribution in [0, 0.1) is 0 Å². The number of aryl methyl sites for hydroxylation is 1. The van der Waals surface area contributed by atoms with E-state index in [-0.39, 0.29) is 0 Å². The number of aromatic nitrogens is 2. The Bertz CT molecular complexity index is 573. The number of nitrogens with one attached hydrogen (secondary N) is 1. The Kier molecular flexibility index (Phi) is 3.79. The van der Waals surface area contributed by atoms with Gasteiger partial charge >= 0.3 is 0 Å². The quantitative estimate of drug-likeness (QED) is 0.885. The zero-order chi connectivity index (χ0) is 14.0. The monoisotopic (exact) mass is 259 g/mol.